The van der Waals surface area contributed by atoms with E-state index in [9.17, 15) is 13.2 Å². The van der Waals surface area contributed by atoms with Crippen molar-refractivity contribution in [1.29, 1.82) is 0 Å². The number of nitrogens with zero attached hydrogens (tertiary/aromatic N) is 1. The van der Waals surface area contributed by atoms with Gasteiger partial charge in [0, 0.05) is 5.71 Å². The Hall–Kier alpha value is -0.740. The molecule has 0 rings (SSSR count). The maximum atomic E-state index is 11.6. The van der Waals surface area contributed by atoms with Crippen LogP contribution in [0.5, 0.6) is 0 Å². The zero-order valence-corrected chi connectivity index (χ0v) is 8.29. The van der Waals surface area contributed by atoms with Crippen LogP contribution < -0.4 is 5.43 Å². The maximum absolute atomic E-state index is 11.6. The molecule has 0 atom stereocenters. The lowest BCUT2D eigenvalue weighted by Gasteiger charge is -2.17. The minimum absolute atomic E-state index is 0.0408. The van der Waals surface area contributed by atoms with Gasteiger partial charge in [-0.3, -0.25) is 0 Å². The van der Waals surface area contributed by atoms with Crippen LogP contribution in [0.15, 0.2) is 5.10 Å². The lowest BCUT2D eigenvalue weighted by molar-refractivity contribution is -0.156. The van der Waals surface area contributed by atoms with Crippen molar-refractivity contribution in [3.63, 3.8) is 0 Å². The van der Waals surface area contributed by atoms with Gasteiger partial charge in [-0.1, -0.05) is 20.8 Å². The van der Waals surface area contributed by atoms with Crippen molar-refractivity contribution in [2.24, 2.45) is 10.5 Å². The van der Waals surface area contributed by atoms with Crippen LogP contribution in [-0.2, 0) is 0 Å². The maximum Gasteiger partial charge on any atom is 0.497 e. The summed E-state index contributed by atoms with van der Waals surface area (Å²) in [4.78, 5) is 0. The van der Waals surface area contributed by atoms with Crippen LogP contribution in [0.4, 0.5) is 13.2 Å². The van der Waals surface area contributed by atoms with Gasteiger partial charge in [-0.2, -0.15) is 5.10 Å². The highest BCUT2D eigenvalue weighted by Crippen LogP contribution is 2.19. The first-order valence-corrected chi connectivity index (χ1v) is 3.97. The monoisotopic (exact) mass is 196 g/mol. The summed E-state index contributed by atoms with van der Waals surface area (Å²) in [5, 5.41) is 3.22. The average molecular weight is 196 g/mol. The predicted molar refractivity (Wildman–Crippen MR) is 46.4 cm³/mol. The smallest absolute Gasteiger partial charge is 0.218 e. The Morgan fingerprint density at radius 1 is 1.23 bits per heavy atom. The summed E-state index contributed by atoms with van der Waals surface area (Å²) in [6.45, 7) is 7.41. The number of alkyl halides is 3. The number of halogens is 3. The summed E-state index contributed by atoms with van der Waals surface area (Å²) in [5.41, 5.74) is 1.54. The van der Waals surface area contributed by atoms with E-state index in [1.807, 2.05) is 20.8 Å². The second kappa shape index (κ2) is 3.98. The zero-order valence-electron chi connectivity index (χ0n) is 8.29. The highest BCUT2D eigenvalue weighted by molar-refractivity contribution is 5.82. The second-order valence-corrected chi connectivity index (χ2v) is 4.19. The van der Waals surface area contributed by atoms with Crippen molar-refractivity contribution in [3.8, 4) is 0 Å². The van der Waals surface area contributed by atoms with E-state index >= 15 is 0 Å². The van der Waals surface area contributed by atoms with Crippen LogP contribution in [0.2, 0.25) is 0 Å². The van der Waals surface area contributed by atoms with Crippen LogP contribution in [0, 0.1) is 5.41 Å². The molecule has 0 heterocycles. The largest absolute Gasteiger partial charge is 0.497 e. The standard InChI is InChI=1S/C8H15F3N2/c1-6(5-7(2,3)4)12-13-8(9,10)11/h13H,5H2,1-4H3/b12-6-. The molecule has 0 unspecified atom stereocenters. The number of nitrogens with one attached hydrogen (secondary N) is 1. The summed E-state index contributed by atoms with van der Waals surface area (Å²) in [6, 6.07) is 0. The van der Waals surface area contributed by atoms with Gasteiger partial charge < -0.3 is 0 Å². The van der Waals surface area contributed by atoms with E-state index in [4.69, 9.17) is 0 Å². The quantitative estimate of drug-likeness (QED) is 0.410. The van der Waals surface area contributed by atoms with Crippen LogP contribution >= 0.6 is 0 Å². The summed E-state index contributed by atoms with van der Waals surface area (Å²) < 4.78 is 34.9. The Morgan fingerprint density at radius 2 is 1.69 bits per heavy atom. The third-order valence-corrected chi connectivity index (χ3v) is 1.16. The Kier molecular flexibility index (Phi) is 3.75. The van der Waals surface area contributed by atoms with Gasteiger partial charge in [0.25, 0.3) is 0 Å². The van der Waals surface area contributed by atoms with Gasteiger partial charge in [0.15, 0.2) is 0 Å². The molecule has 0 aromatic heterocycles. The molecule has 5 heteroatoms. The zero-order chi connectivity index (χ0) is 10.7. The summed E-state index contributed by atoms with van der Waals surface area (Å²) >= 11 is 0. The summed E-state index contributed by atoms with van der Waals surface area (Å²) in [7, 11) is 0. The molecule has 13 heavy (non-hydrogen) atoms. The van der Waals surface area contributed by atoms with Crippen LogP contribution in [0.25, 0.3) is 0 Å². The fourth-order valence-corrected chi connectivity index (χ4v) is 0.966. The van der Waals surface area contributed by atoms with Crippen molar-refractivity contribution >= 4 is 5.71 Å². The molecule has 0 spiro atoms. The molecule has 0 amide bonds. The minimum Gasteiger partial charge on any atom is -0.218 e. The van der Waals surface area contributed by atoms with Gasteiger partial charge in [0.05, 0.1) is 0 Å². The van der Waals surface area contributed by atoms with E-state index in [1.165, 1.54) is 0 Å². The first-order valence-electron chi connectivity index (χ1n) is 3.97. The molecule has 0 bridgehead atoms. The van der Waals surface area contributed by atoms with E-state index < -0.39 is 6.30 Å². The molecule has 0 saturated heterocycles. The molecule has 0 aliphatic heterocycles. The molecule has 0 aliphatic carbocycles. The first-order chi connectivity index (χ1) is 5.60. The Labute approximate surface area is 76.2 Å². The van der Waals surface area contributed by atoms with Gasteiger partial charge in [0.1, 0.15) is 0 Å². The van der Waals surface area contributed by atoms with Crippen molar-refractivity contribution in [1.82, 2.24) is 5.43 Å². The molecule has 0 aromatic rings. The predicted octanol–water partition coefficient (Wildman–Crippen LogP) is 2.91. The van der Waals surface area contributed by atoms with Crippen molar-refractivity contribution in [2.45, 2.75) is 40.4 Å². The topological polar surface area (TPSA) is 24.4 Å². The molecule has 78 valence electrons. The fourth-order valence-electron chi connectivity index (χ4n) is 0.966. The van der Waals surface area contributed by atoms with E-state index in [2.05, 4.69) is 5.10 Å². The highest BCUT2D eigenvalue weighted by atomic mass is 19.4. The number of hydrazone groups is 1. The van der Waals surface area contributed by atoms with Crippen molar-refractivity contribution in [2.75, 3.05) is 0 Å². The first kappa shape index (κ1) is 12.3. The third-order valence-electron chi connectivity index (χ3n) is 1.16. The van der Waals surface area contributed by atoms with Crippen LogP contribution in [-0.4, -0.2) is 12.0 Å². The fraction of sp³-hybridized carbons (Fsp3) is 0.875. The normalized spacial score (nSPS) is 14.5. The summed E-state index contributed by atoms with van der Waals surface area (Å²) in [5.74, 6) is 0. The Balaban J connectivity index is 4.05. The van der Waals surface area contributed by atoms with Gasteiger partial charge in [-0.25, -0.2) is 5.43 Å². The minimum atomic E-state index is -4.43. The van der Waals surface area contributed by atoms with Gasteiger partial charge >= 0.3 is 6.30 Å². The van der Waals surface area contributed by atoms with Gasteiger partial charge in [-0.05, 0) is 18.8 Å². The van der Waals surface area contributed by atoms with Gasteiger partial charge in [-0.15, -0.1) is 13.2 Å². The van der Waals surface area contributed by atoms with E-state index in [0.29, 0.717) is 12.1 Å². The molecule has 2 nitrogen and oxygen atoms in total. The highest BCUT2D eigenvalue weighted by Gasteiger charge is 2.26. The second-order valence-electron chi connectivity index (χ2n) is 4.19. The SMILES string of the molecule is C/C(CC(C)(C)C)=N/NC(F)(F)F. The molecule has 1 N–H and O–H groups in total. The van der Waals surface area contributed by atoms with Crippen molar-refractivity contribution < 1.29 is 13.2 Å². The summed E-state index contributed by atoms with van der Waals surface area (Å²) in [6.07, 6.45) is -3.89. The molecular weight excluding hydrogens is 181 g/mol. The van der Waals surface area contributed by atoms with Crippen LogP contribution in [0.1, 0.15) is 34.1 Å². The Bertz CT molecular complexity index is 189. The molecular formula is C8H15F3N2. The lowest BCUT2D eigenvalue weighted by atomic mass is 9.90. The van der Waals surface area contributed by atoms with E-state index in [-0.39, 0.29) is 5.41 Å². The van der Waals surface area contributed by atoms with Crippen molar-refractivity contribution in [3.05, 3.63) is 0 Å². The van der Waals surface area contributed by atoms with Crippen LogP contribution in [0.3, 0.4) is 0 Å². The van der Waals surface area contributed by atoms with E-state index in [0.717, 1.165) is 5.43 Å². The molecule has 0 fully saturated rings. The third kappa shape index (κ3) is 9.17. The number of rotatable bonds is 2. The van der Waals surface area contributed by atoms with E-state index in [1.54, 1.807) is 6.92 Å². The lowest BCUT2D eigenvalue weighted by Crippen LogP contribution is -2.28. The van der Waals surface area contributed by atoms with Gasteiger partial charge in [0.2, 0.25) is 0 Å². The molecule has 0 saturated carbocycles. The molecule has 0 radical (unpaired) electrons. The average Bonchev–Trinajstić information content (AvgIpc) is 1.78. The molecule has 0 aromatic carbocycles. The number of hydrogen-bond donors (Lipinski definition) is 1. The molecule has 0 aliphatic rings. The Morgan fingerprint density at radius 3 is 2.00 bits per heavy atom. The number of hydrogen-bond acceptors (Lipinski definition) is 2.